The van der Waals surface area contributed by atoms with E-state index < -0.39 is 12.3 Å². The normalized spacial score (nSPS) is 11.6. The fourth-order valence-electron chi connectivity index (χ4n) is 3.12. The van der Waals surface area contributed by atoms with Gasteiger partial charge in [-0.2, -0.15) is 9.97 Å². The highest BCUT2D eigenvalue weighted by atomic mass is 16.7. The molecule has 0 amide bonds. The van der Waals surface area contributed by atoms with Crippen LogP contribution in [0, 0.1) is 0 Å². The van der Waals surface area contributed by atoms with E-state index in [0.717, 1.165) is 41.2 Å². The summed E-state index contributed by atoms with van der Waals surface area (Å²) in [5.41, 5.74) is 3.95. The highest BCUT2D eigenvalue weighted by Gasteiger charge is 2.17. The van der Waals surface area contributed by atoms with Crippen molar-refractivity contribution in [3.05, 3.63) is 72.3 Å². The molecule has 0 aliphatic rings. The van der Waals surface area contributed by atoms with E-state index in [1.165, 1.54) is 0 Å². The molecule has 0 bridgehead atoms. The van der Waals surface area contributed by atoms with Gasteiger partial charge in [-0.25, -0.2) is 9.78 Å². The Labute approximate surface area is 181 Å². The van der Waals surface area contributed by atoms with Crippen LogP contribution in [0.15, 0.2) is 61.2 Å². The van der Waals surface area contributed by atoms with Gasteiger partial charge in [-0.05, 0) is 24.0 Å². The summed E-state index contributed by atoms with van der Waals surface area (Å²) in [6.07, 6.45) is 1.12. The maximum Gasteiger partial charge on any atom is 0.332 e. The topological polar surface area (TPSA) is 94.4 Å². The number of aryl methyl sites for hydroxylation is 2. The van der Waals surface area contributed by atoms with E-state index in [9.17, 15) is 9.90 Å². The molecule has 31 heavy (non-hydrogen) atoms. The number of carbonyl (C=O) groups excluding carboxylic acids is 1. The van der Waals surface area contributed by atoms with Crippen molar-refractivity contribution in [1.29, 1.82) is 0 Å². The minimum absolute atomic E-state index is 0.0329. The van der Waals surface area contributed by atoms with E-state index in [-0.39, 0.29) is 12.6 Å². The number of rotatable bonds is 9. The number of hydrogen-bond acceptors (Lipinski definition) is 7. The van der Waals surface area contributed by atoms with Gasteiger partial charge in [-0.15, -0.1) is 0 Å². The van der Waals surface area contributed by atoms with E-state index in [1.54, 1.807) is 0 Å². The van der Waals surface area contributed by atoms with Gasteiger partial charge in [-0.3, -0.25) is 0 Å². The lowest BCUT2D eigenvalue weighted by atomic mass is 10.0. The number of ether oxygens (including phenoxy) is 2. The second kappa shape index (κ2) is 10.4. The Morgan fingerprint density at radius 1 is 0.968 bits per heavy atom. The van der Waals surface area contributed by atoms with Gasteiger partial charge in [0, 0.05) is 17.2 Å². The molecule has 7 heteroatoms. The molecular weight excluding hydrogens is 394 g/mol. The first kappa shape index (κ1) is 22.1. The molecule has 1 aromatic heterocycles. The Morgan fingerprint density at radius 3 is 1.97 bits per heavy atom. The van der Waals surface area contributed by atoms with Crippen LogP contribution in [-0.2, 0) is 22.4 Å². The minimum Gasteiger partial charge on any atom is -0.457 e. The van der Waals surface area contributed by atoms with Crippen molar-refractivity contribution in [2.45, 2.75) is 33.0 Å². The molecule has 1 N–H and O–H groups in total. The Morgan fingerprint density at radius 2 is 1.48 bits per heavy atom. The lowest BCUT2D eigenvalue weighted by molar-refractivity contribution is -0.166. The number of aliphatic hydroxyl groups is 1. The second-order valence-electron chi connectivity index (χ2n) is 6.69. The standard InChI is InChI=1S/C24H25N3O4/c1-4-16-11-7-9-13-18(16)22-25-23(19-14-10-8-12-17(19)5-2)27-24(26-22)30-15-21(29)31-20(28)6-3/h6-14,21,29H,3-5,15H2,1-2H3. The molecule has 0 fully saturated rings. The Kier molecular flexibility index (Phi) is 7.45. The van der Waals surface area contributed by atoms with E-state index in [4.69, 9.17) is 14.5 Å². The fraction of sp³-hybridized carbons (Fsp3) is 0.250. The third-order valence-corrected chi connectivity index (χ3v) is 4.67. The molecule has 160 valence electrons. The molecule has 0 saturated heterocycles. The maximum absolute atomic E-state index is 11.3. The lowest BCUT2D eigenvalue weighted by Gasteiger charge is -2.14. The smallest absolute Gasteiger partial charge is 0.332 e. The predicted molar refractivity (Wildman–Crippen MR) is 117 cm³/mol. The Bertz CT molecular complexity index is 1000. The van der Waals surface area contributed by atoms with Crippen LogP contribution in [0.5, 0.6) is 6.01 Å². The van der Waals surface area contributed by atoms with Crippen molar-refractivity contribution in [3.63, 3.8) is 0 Å². The molecule has 1 atom stereocenters. The van der Waals surface area contributed by atoms with Crippen molar-refractivity contribution in [2.24, 2.45) is 0 Å². The van der Waals surface area contributed by atoms with Gasteiger partial charge in [0.15, 0.2) is 18.3 Å². The summed E-state index contributed by atoms with van der Waals surface area (Å²) in [6, 6.07) is 15.8. The van der Waals surface area contributed by atoms with Crippen LogP contribution in [0.25, 0.3) is 22.8 Å². The fourth-order valence-corrected chi connectivity index (χ4v) is 3.12. The molecule has 3 aromatic rings. The summed E-state index contributed by atoms with van der Waals surface area (Å²) < 4.78 is 10.3. The van der Waals surface area contributed by atoms with Crippen molar-refractivity contribution in [3.8, 4) is 28.8 Å². The zero-order chi connectivity index (χ0) is 22.2. The SMILES string of the molecule is C=CC(=O)OC(O)COc1nc(-c2ccccc2CC)nc(-c2ccccc2CC)n1. The highest BCUT2D eigenvalue weighted by molar-refractivity contribution is 5.81. The molecule has 2 aromatic carbocycles. The monoisotopic (exact) mass is 419 g/mol. The van der Waals surface area contributed by atoms with Gasteiger partial charge in [0.25, 0.3) is 0 Å². The maximum atomic E-state index is 11.3. The summed E-state index contributed by atoms with van der Waals surface area (Å²) in [5, 5.41) is 9.86. The number of benzene rings is 2. The molecule has 0 spiro atoms. The van der Waals surface area contributed by atoms with Crippen LogP contribution in [0.1, 0.15) is 25.0 Å². The van der Waals surface area contributed by atoms with Crippen molar-refractivity contribution in [2.75, 3.05) is 6.61 Å². The van der Waals surface area contributed by atoms with Crippen LogP contribution >= 0.6 is 0 Å². The Balaban J connectivity index is 2.02. The zero-order valence-electron chi connectivity index (χ0n) is 17.6. The number of esters is 1. The summed E-state index contributed by atoms with van der Waals surface area (Å²) >= 11 is 0. The molecule has 0 radical (unpaired) electrons. The molecule has 1 unspecified atom stereocenters. The Hall–Kier alpha value is -3.58. The average Bonchev–Trinajstić information content (AvgIpc) is 2.82. The molecule has 7 nitrogen and oxygen atoms in total. The second-order valence-corrected chi connectivity index (χ2v) is 6.69. The molecule has 1 heterocycles. The van der Waals surface area contributed by atoms with Gasteiger partial charge in [-0.1, -0.05) is 69.0 Å². The third-order valence-electron chi connectivity index (χ3n) is 4.67. The van der Waals surface area contributed by atoms with Crippen LogP contribution in [0.4, 0.5) is 0 Å². The van der Waals surface area contributed by atoms with Gasteiger partial charge >= 0.3 is 12.0 Å². The van der Waals surface area contributed by atoms with Crippen LogP contribution in [0.2, 0.25) is 0 Å². The average molecular weight is 419 g/mol. The number of aromatic nitrogens is 3. The van der Waals surface area contributed by atoms with Crippen molar-refractivity contribution < 1.29 is 19.4 Å². The first-order valence-electron chi connectivity index (χ1n) is 10.1. The highest BCUT2D eigenvalue weighted by Crippen LogP contribution is 2.27. The summed E-state index contributed by atoms with van der Waals surface area (Å²) in [4.78, 5) is 24.9. The van der Waals surface area contributed by atoms with Crippen LogP contribution in [-0.4, -0.2) is 38.9 Å². The lowest BCUT2D eigenvalue weighted by Crippen LogP contribution is -2.24. The summed E-state index contributed by atoms with van der Waals surface area (Å²) in [6.45, 7) is 7.10. The molecule has 0 saturated carbocycles. The van der Waals surface area contributed by atoms with Crippen molar-refractivity contribution >= 4 is 5.97 Å². The summed E-state index contributed by atoms with van der Waals surface area (Å²) in [7, 11) is 0. The van der Waals surface area contributed by atoms with E-state index >= 15 is 0 Å². The number of carbonyl (C=O) groups is 1. The largest absolute Gasteiger partial charge is 0.457 e. The number of nitrogens with zero attached hydrogens (tertiary/aromatic N) is 3. The first-order valence-corrected chi connectivity index (χ1v) is 10.1. The van der Waals surface area contributed by atoms with Gasteiger partial charge in [0.05, 0.1) is 0 Å². The van der Waals surface area contributed by atoms with Crippen LogP contribution in [0.3, 0.4) is 0 Å². The van der Waals surface area contributed by atoms with Gasteiger partial charge in [0.1, 0.15) is 0 Å². The van der Waals surface area contributed by atoms with E-state index in [0.29, 0.717) is 11.6 Å². The molecule has 0 aliphatic heterocycles. The predicted octanol–water partition coefficient (Wildman–Crippen LogP) is 3.76. The molecular formula is C24H25N3O4. The number of aliphatic hydroxyl groups excluding tert-OH is 1. The molecule has 3 rings (SSSR count). The third kappa shape index (κ3) is 5.52. The zero-order valence-corrected chi connectivity index (χ0v) is 17.6. The molecule has 0 aliphatic carbocycles. The van der Waals surface area contributed by atoms with Gasteiger partial charge in [0.2, 0.25) is 6.29 Å². The van der Waals surface area contributed by atoms with E-state index in [2.05, 4.69) is 30.4 Å². The number of hydrogen-bond donors (Lipinski definition) is 1. The first-order chi connectivity index (χ1) is 15.0. The van der Waals surface area contributed by atoms with E-state index in [1.807, 2.05) is 48.5 Å². The minimum atomic E-state index is -1.47. The van der Waals surface area contributed by atoms with Crippen molar-refractivity contribution in [1.82, 2.24) is 15.0 Å². The summed E-state index contributed by atoms with van der Waals surface area (Å²) in [5.74, 6) is 0.198. The van der Waals surface area contributed by atoms with Gasteiger partial charge < -0.3 is 14.6 Å². The van der Waals surface area contributed by atoms with Crippen LogP contribution < -0.4 is 4.74 Å². The quantitative estimate of drug-likeness (QED) is 0.321.